The maximum atomic E-state index is 12.5. The van der Waals surface area contributed by atoms with Crippen molar-refractivity contribution in [2.45, 2.75) is 49.8 Å². The molecule has 132 valence electrons. The molecule has 0 amide bonds. The Morgan fingerprint density at radius 1 is 1.29 bits per heavy atom. The monoisotopic (exact) mass is 336 g/mol. The second kappa shape index (κ2) is 7.19. The molecular formula is C18H24O6. The predicted molar refractivity (Wildman–Crippen MR) is 85.1 cm³/mol. The van der Waals surface area contributed by atoms with Crippen molar-refractivity contribution in [2.75, 3.05) is 20.3 Å². The van der Waals surface area contributed by atoms with Crippen molar-refractivity contribution in [3.05, 3.63) is 35.9 Å². The predicted octanol–water partition coefficient (Wildman–Crippen LogP) is 1.79. The molecule has 1 aromatic carbocycles. The fourth-order valence-corrected chi connectivity index (χ4v) is 3.52. The smallest absolute Gasteiger partial charge is 0.343 e. The Balaban J connectivity index is 1.75. The van der Waals surface area contributed by atoms with E-state index in [9.17, 15) is 9.90 Å². The molecule has 0 radical (unpaired) electrons. The van der Waals surface area contributed by atoms with Crippen molar-refractivity contribution in [1.29, 1.82) is 0 Å². The number of carbonyl (C=O) groups is 1. The van der Waals surface area contributed by atoms with Gasteiger partial charge in [0.25, 0.3) is 0 Å². The minimum Gasteiger partial charge on any atom is -0.467 e. The summed E-state index contributed by atoms with van der Waals surface area (Å²) in [5, 5.41) is 9.74. The molecule has 2 fully saturated rings. The zero-order valence-corrected chi connectivity index (χ0v) is 13.9. The molecule has 1 heterocycles. The van der Waals surface area contributed by atoms with Gasteiger partial charge in [0.15, 0.2) is 5.79 Å². The average molecular weight is 336 g/mol. The van der Waals surface area contributed by atoms with Crippen LogP contribution in [-0.2, 0) is 30.3 Å². The highest BCUT2D eigenvalue weighted by atomic mass is 16.8. The second-order valence-corrected chi connectivity index (χ2v) is 6.37. The third-order valence-corrected chi connectivity index (χ3v) is 4.74. The van der Waals surface area contributed by atoms with E-state index >= 15 is 0 Å². The van der Waals surface area contributed by atoms with E-state index in [1.54, 1.807) is 0 Å². The largest absolute Gasteiger partial charge is 0.467 e. The van der Waals surface area contributed by atoms with Crippen LogP contribution in [0.3, 0.4) is 0 Å². The summed E-state index contributed by atoms with van der Waals surface area (Å²) >= 11 is 0. The molecule has 0 bridgehead atoms. The molecule has 1 spiro atoms. The molecule has 1 N–H and O–H groups in total. The molecule has 1 aromatic rings. The van der Waals surface area contributed by atoms with Crippen LogP contribution in [0.1, 0.15) is 31.2 Å². The first kappa shape index (κ1) is 17.4. The fraction of sp³-hybridized carbons (Fsp3) is 0.611. The molecular weight excluding hydrogens is 312 g/mol. The summed E-state index contributed by atoms with van der Waals surface area (Å²) in [6.45, 7) is -0.0127. The van der Waals surface area contributed by atoms with E-state index in [0.717, 1.165) is 18.4 Å². The summed E-state index contributed by atoms with van der Waals surface area (Å²) in [6.07, 6.45) is 2.57. The number of benzene rings is 1. The van der Waals surface area contributed by atoms with E-state index in [-0.39, 0.29) is 13.2 Å². The molecule has 1 aliphatic carbocycles. The molecule has 1 aliphatic heterocycles. The van der Waals surface area contributed by atoms with Crippen molar-refractivity contribution < 1.29 is 28.8 Å². The van der Waals surface area contributed by atoms with Gasteiger partial charge in [-0.1, -0.05) is 30.3 Å². The Morgan fingerprint density at radius 3 is 2.62 bits per heavy atom. The third-order valence-electron chi connectivity index (χ3n) is 4.74. The number of aliphatic hydroxyl groups excluding tert-OH is 1. The number of methoxy groups -OCH3 is 1. The average Bonchev–Trinajstić information content (AvgIpc) is 3.20. The van der Waals surface area contributed by atoms with Crippen molar-refractivity contribution in [3.8, 4) is 0 Å². The van der Waals surface area contributed by atoms with Gasteiger partial charge in [-0.15, -0.1) is 0 Å². The van der Waals surface area contributed by atoms with Gasteiger partial charge < -0.3 is 24.1 Å². The SMILES string of the molecule is COC(=O)[C@]1(COCc2ccccc2)OC2(CCCC2)O[C@H]1CO. The lowest BCUT2D eigenvalue weighted by molar-refractivity contribution is -0.207. The summed E-state index contributed by atoms with van der Waals surface area (Å²) in [6, 6.07) is 9.67. The van der Waals surface area contributed by atoms with E-state index in [4.69, 9.17) is 18.9 Å². The molecule has 24 heavy (non-hydrogen) atoms. The quantitative estimate of drug-likeness (QED) is 0.799. The zero-order valence-electron chi connectivity index (χ0n) is 13.9. The Hall–Kier alpha value is -1.47. The van der Waals surface area contributed by atoms with Crippen LogP contribution in [0.25, 0.3) is 0 Å². The maximum Gasteiger partial charge on any atom is 0.343 e. The molecule has 0 unspecified atom stereocenters. The zero-order chi connectivity index (χ0) is 17.0. The fourth-order valence-electron chi connectivity index (χ4n) is 3.52. The van der Waals surface area contributed by atoms with Crippen molar-refractivity contribution in [1.82, 2.24) is 0 Å². The number of rotatable bonds is 6. The molecule has 6 nitrogen and oxygen atoms in total. The first-order valence-electron chi connectivity index (χ1n) is 8.33. The van der Waals surface area contributed by atoms with Gasteiger partial charge in [0.1, 0.15) is 6.10 Å². The molecule has 6 heteroatoms. The van der Waals surface area contributed by atoms with E-state index in [2.05, 4.69) is 0 Å². The van der Waals surface area contributed by atoms with Crippen molar-refractivity contribution in [3.63, 3.8) is 0 Å². The van der Waals surface area contributed by atoms with Crippen LogP contribution >= 0.6 is 0 Å². The highest BCUT2D eigenvalue weighted by molar-refractivity contribution is 5.81. The van der Waals surface area contributed by atoms with Gasteiger partial charge in [-0.3, -0.25) is 0 Å². The first-order valence-corrected chi connectivity index (χ1v) is 8.33. The topological polar surface area (TPSA) is 74.2 Å². The van der Waals surface area contributed by atoms with E-state index < -0.39 is 23.5 Å². The lowest BCUT2D eigenvalue weighted by Gasteiger charge is -2.29. The number of esters is 1. The molecule has 3 rings (SSSR count). The highest BCUT2D eigenvalue weighted by Gasteiger charge is 2.62. The summed E-state index contributed by atoms with van der Waals surface area (Å²) < 4.78 is 22.7. The van der Waals surface area contributed by atoms with Gasteiger partial charge in [-0.2, -0.15) is 0 Å². The lowest BCUT2D eigenvalue weighted by atomic mass is 9.98. The molecule has 1 saturated carbocycles. The van der Waals surface area contributed by atoms with Crippen molar-refractivity contribution in [2.24, 2.45) is 0 Å². The minimum atomic E-state index is -1.43. The van der Waals surface area contributed by atoms with Crippen LogP contribution in [0.2, 0.25) is 0 Å². The Morgan fingerprint density at radius 2 is 2.00 bits per heavy atom. The highest BCUT2D eigenvalue weighted by Crippen LogP contribution is 2.46. The molecule has 2 atom stereocenters. The maximum absolute atomic E-state index is 12.5. The number of carbonyl (C=O) groups excluding carboxylic acids is 1. The minimum absolute atomic E-state index is 0.0262. The standard InChI is InChI=1S/C18H24O6/c1-21-16(20)18(13-22-12-14-7-3-2-4-8-14)15(11-19)23-17(24-18)9-5-6-10-17/h2-4,7-8,15,19H,5-6,9-13H2,1H3/t15-,18+/m0/s1. The third kappa shape index (κ3) is 3.19. The Kier molecular flexibility index (Phi) is 5.20. The summed E-state index contributed by atoms with van der Waals surface area (Å²) in [7, 11) is 1.30. The lowest BCUT2D eigenvalue weighted by Crippen LogP contribution is -2.54. The number of ether oxygens (including phenoxy) is 4. The summed E-state index contributed by atoms with van der Waals surface area (Å²) in [5.74, 6) is -1.38. The van der Waals surface area contributed by atoms with E-state index in [0.29, 0.717) is 19.4 Å². The van der Waals surface area contributed by atoms with Crippen LogP contribution in [-0.4, -0.2) is 48.9 Å². The van der Waals surface area contributed by atoms with E-state index in [1.165, 1.54) is 7.11 Å². The van der Waals surface area contributed by atoms with Gasteiger partial charge in [-0.05, 0) is 18.4 Å². The van der Waals surface area contributed by atoms with Gasteiger partial charge >= 0.3 is 5.97 Å². The second-order valence-electron chi connectivity index (χ2n) is 6.37. The van der Waals surface area contributed by atoms with Crippen LogP contribution in [0, 0.1) is 0 Å². The Bertz CT molecular complexity index is 554. The molecule has 2 aliphatic rings. The van der Waals surface area contributed by atoms with Crippen LogP contribution in [0.15, 0.2) is 30.3 Å². The molecule has 1 saturated heterocycles. The van der Waals surface area contributed by atoms with Crippen LogP contribution in [0.5, 0.6) is 0 Å². The number of hydrogen-bond acceptors (Lipinski definition) is 6. The first-order chi connectivity index (χ1) is 11.6. The summed E-state index contributed by atoms with van der Waals surface area (Å²) in [4.78, 5) is 12.5. The molecule has 0 aromatic heterocycles. The number of hydrogen-bond donors (Lipinski definition) is 1. The van der Waals surface area contributed by atoms with Gasteiger partial charge in [0.2, 0.25) is 5.60 Å². The normalized spacial score (nSPS) is 28.3. The number of aliphatic hydroxyl groups is 1. The van der Waals surface area contributed by atoms with Crippen molar-refractivity contribution >= 4 is 5.97 Å². The summed E-state index contributed by atoms with van der Waals surface area (Å²) in [5.41, 5.74) is -0.435. The van der Waals surface area contributed by atoms with Gasteiger partial charge in [0.05, 0.1) is 26.9 Å². The van der Waals surface area contributed by atoms with Crippen LogP contribution < -0.4 is 0 Å². The van der Waals surface area contributed by atoms with E-state index in [1.807, 2.05) is 30.3 Å². The van der Waals surface area contributed by atoms with Gasteiger partial charge in [-0.25, -0.2) is 4.79 Å². The Labute approximate surface area is 141 Å². The van der Waals surface area contributed by atoms with Crippen LogP contribution in [0.4, 0.5) is 0 Å². The van der Waals surface area contributed by atoms with Gasteiger partial charge in [0, 0.05) is 12.8 Å².